The van der Waals surface area contributed by atoms with E-state index < -0.39 is 5.97 Å². The van der Waals surface area contributed by atoms with Gasteiger partial charge in [-0.05, 0) is 48.9 Å². The topological polar surface area (TPSA) is 40.5 Å². The molecule has 1 aromatic rings. The van der Waals surface area contributed by atoms with Gasteiger partial charge in [0, 0.05) is 23.5 Å². The molecule has 1 aliphatic carbocycles. The van der Waals surface area contributed by atoms with Gasteiger partial charge in [0.05, 0.1) is 0 Å². The van der Waals surface area contributed by atoms with Crippen LogP contribution in [0, 0.1) is 0 Å². The van der Waals surface area contributed by atoms with Crippen LogP contribution in [-0.4, -0.2) is 28.6 Å². The highest BCUT2D eigenvalue weighted by Gasteiger charge is 2.28. The summed E-state index contributed by atoms with van der Waals surface area (Å²) in [5, 5.41) is 10.7. The first kappa shape index (κ1) is 13.3. The molecule has 2 rings (SSSR count). The fourth-order valence-electron chi connectivity index (χ4n) is 2.09. The lowest BCUT2D eigenvalue weighted by Crippen LogP contribution is -2.26. The van der Waals surface area contributed by atoms with E-state index in [1.165, 1.54) is 30.2 Å². The monoisotopic (exact) mass is 265 g/mol. The molecule has 0 bridgehead atoms. The zero-order valence-electron chi connectivity index (χ0n) is 10.6. The predicted octanol–water partition coefficient (Wildman–Crippen LogP) is 3.22. The van der Waals surface area contributed by atoms with Crippen molar-refractivity contribution >= 4 is 23.4 Å². The molecule has 1 aromatic heterocycles. The number of carbonyl (C=O) groups is 1. The van der Waals surface area contributed by atoms with Gasteiger partial charge in [0.25, 0.3) is 0 Å². The number of aliphatic carboxylic acids is 1. The number of hydrogen-bond acceptors (Lipinski definition) is 3. The van der Waals surface area contributed by atoms with Crippen LogP contribution < -0.4 is 0 Å². The molecule has 18 heavy (non-hydrogen) atoms. The average molecular weight is 265 g/mol. The molecule has 0 aromatic carbocycles. The molecular weight excluding hydrogens is 246 g/mol. The van der Waals surface area contributed by atoms with E-state index in [9.17, 15) is 4.79 Å². The lowest BCUT2D eigenvalue weighted by molar-refractivity contribution is -0.131. The number of nitrogens with zero attached hydrogens (tertiary/aromatic N) is 1. The Hall–Kier alpha value is -1.13. The fourth-order valence-corrected chi connectivity index (χ4v) is 2.98. The first-order valence-corrected chi connectivity index (χ1v) is 7.30. The van der Waals surface area contributed by atoms with Gasteiger partial charge in [-0.1, -0.05) is 6.92 Å². The Kier molecular flexibility index (Phi) is 4.55. The lowest BCUT2D eigenvalue weighted by Gasteiger charge is -2.20. The molecule has 1 saturated carbocycles. The summed E-state index contributed by atoms with van der Waals surface area (Å²) in [6.45, 7) is 4.29. The Balaban J connectivity index is 2.03. The number of thiophene rings is 1. The van der Waals surface area contributed by atoms with Crippen LogP contribution in [0.25, 0.3) is 6.08 Å². The second kappa shape index (κ2) is 6.16. The van der Waals surface area contributed by atoms with E-state index in [1.54, 1.807) is 17.4 Å². The van der Waals surface area contributed by atoms with E-state index in [0.29, 0.717) is 0 Å². The maximum Gasteiger partial charge on any atom is 0.328 e. The third kappa shape index (κ3) is 3.68. The van der Waals surface area contributed by atoms with Crippen molar-refractivity contribution in [3.8, 4) is 0 Å². The van der Waals surface area contributed by atoms with Gasteiger partial charge in [-0.3, -0.25) is 4.90 Å². The third-order valence-electron chi connectivity index (χ3n) is 3.11. The van der Waals surface area contributed by atoms with Crippen LogP contribution in [0.5, 0.6) is 0 Å². The van der Waals surface area contributed by atoms with E-state index in [-0.39, 0.29) is 0 Å². The molecule has 0 aliphatic heterocycles. The minimum atomic E-state index is -0.889. The van der Waals surface area contributed by atoms with Crippen molar-refractivity contribution in [1.29, 1.82) is 0 Å². The van der Waals surface area contributed by atoms with E-state index >= 15 is 0 Å². The molecule has 0 spiro atoms. The highest BCUT2D eigenvalue weighted by molar-refractivity contribution is 7.10. The third-order valence-corrected chi connectivity index (χ3v) is 4.03. The Morgan fingerprint density at radius 3 is 3.00 bits per heavy atom. The summed E-state index contributed by atoms with van der Waals surface area (Å²) in [6, 6.07) is 2.75. The molecular formula is C14H19NO2S. The maximum absolute atomic E-state index is 10.6. The molecule has 0 radical (unpaired) electrons. The van der Waals surface area contributed by atoms with Gasteiger partial charge in [-0.25, -0.2) is 4.79 Å². The van der Waals surface area contributed by atoms with Gasteiger partial charge in [-0.15, -0.1) is 11.3 Å². The summed E-state index contributed by atoms with van der Waals surface area (Å²) >= 11 is 1.71. The summed E-state index contributed by atoms with van der Waals surface area (Å²) in [5.41, 5.74) is 1.05. The van der Waals surface area contributed by atoms with Gasteiger partial charge < -0.3 is 5.11 Å². The molecule has 3 nitrogen and oxygen atoms in total. The molecule has 1 heterocycles. The summed E-state index contributed by atoms with van der Waals surface area (Å²) in [6.07, 6.45) is 6.71. The minimum absolute atomic E-state index is 0.753. The fraction of sp³-hybridized carbons (Fsp3) is 0.500. The van der Waals surface area contributed by atoms with Gasteiger partial charge in [-0.2, -0.15) is 0 Å². The molecule has 0 unspecified atom stereocenters. The maximum atomic E-state index is 10.6. The summed E-state index contributed by atoms with van der Waals surface area (Å²) in [4.78, 5) is 14.3. The van der Waals surface area contributed by atoms with Crippen LogP contribution in [0.15, 0.2) is 17.5 Å². The van der Waals surface area contributed by atoms with Crippen LogP contribution in [0.1, 0.15) is 36.6 Å². The number of hydrogen-bond donors (Lipinski definition) is 1. The molecule has 4 heteroatoms. The molecule has 1 fully saturated rings. The quantitative estimate of drug-likeness (QED) is 0.770. The number of carboxylic acids is 1. The average Bonchev–Trinajstić information content (AvgIpc) is 3.08. The van der Waals surface area contributed by atoms with Crippen molar-refractivity contribution in [2.75, 3.05) is 6.54 Å². The SMILES string of the molecule is CCCN(Cc1sccc1C=CC(=O)O)C1CC1. The van der Waals surface area contributed by atoms with E-state index in [4.69, 9.17) is 5.11 Å². The first-order valence-electron chi connectivity index (χ1n) is 6.42. The van der Waals surface area contributed by atoms with Crippen LogP contribution in [0.2, 0.25) is 0 Å². The predicted molar refractivity (Wildman–Crippen MR) is 74.7 cm³/mol. The smallest absolute Gasteiger partial charge is 0.328 e. The van der Waals surface area contributed by atoms with Crippen LogP contribution in [-0.2, 0) is 11.3 Å². The Labute approximate surface area is 112 Å². The Morgan fingerprint density at radius 1 is 1.61 bits per heavy atom. The number of rotatable bonds is 7. The summed E-state index contributed by atoms with van der Waals surface area (Å²) < 4.78 is 0. The van der Waals surface area contributed by atoms with E-state index in [2.05, 4.69) is 11.8 Å². The van der Waals surface area contributed by atoms with Crippen LogP contribution in [0.4, 0.5) is 0 Å². The second-order valence-electron chi connectivity index (χ2n) is 4.67. The normalized spacial score (nSPS) is 15.7. The van der Waals surface area contributed by atoms with Gasteiger partial charge in [0.2, 0.25) is 0 Å². The van der Waals surface area contributed by atoms with Crippen LogP contribution in [0.3, 0.4) is 0 Å². The molecule has 0 atom stereocenters. The molecule has 0 saturated heterocycles. The van der Waals surface area contributed by atoms with E-state index in [1.807, 2.05) is 11.4 Å². The highest BCUT2D eigenvalue weighted by atomic mass is 32.1. The van der Waals surface area contributed by atoms with Gasteiger partial charge in [0.1, 0.15) is 0 Å². The highest BCUT2D eigenvalue weighted by Crippen LogP contribution is 2.30. The van der Waals surface area contributed by atoms with Crippen molar-refractivity contribution in [1.82, 2.24) is 4.90 Å². The second-order valence-corrected chi connectivity index (χ2v) is 5.67. The summed E-state index contributed by atoms with van der Waals surface area (Å²) in [5.74, 6) is -0.889. The van der Waals surface area contributed by atoms with Crippen LogP contribution >= 0.6 is 11.3 Å². The van der Waals surface area contributed by atoms with Crippen molar-refractivity contribution in [2.24, 2.45) is 0 Å². The largest absolute Gasteiger partial charge is 0.478 e. The van der Waals surface area contributed by atoms with Crippen molar-refractivity contribution < 1.29 is 9.90 Å². The van der Waals surface area contributed by atoms with Crippen molar-refractivity contribution in [3.05, 3.63) is 28.0 Å². The van der Waals surface area contributed by atoms with Crippen molar-refractivity contribution in [2.45, 2.75) is 38.8 Å². The summed E-state index contributed by atoms with van der Waals surface area (Å²) in [7, 11) is 0. The van der Waals surface area contributed by atoms with Gasteiger partial charge in [0.15, 0.2) is 0 Å². The zero-order valence-corrected chi connectivity index (χ0v) is 11.4. The van der Waals surface area contributed by atoms with Crippen molar-refractivity contribution in [3.63, 3.8) is 0 Å². The number of carboxylic acid groups (broad SMARTS) is 1. The standard InChI is InChI=1S/C14H19NO2S/c1-2-8-15(12-4-5-12)10-13-11(7-9-18-13)3-6-14(16)17/h3,6-7,9,12H,2,4-5,8,10H2,1H3,(H,16,17). The zero-order chi connectivity index (χ0) is 13.0. The lowest BCUT2D eigenvalue weighted by atomic mass is 10.2. The Morgan fingerprint density at radius 2 is 2.39 bits per heavy atom. The molecule has 98 valence electrons. The first-order chi connectivity index (χ1) is 8.70. The molecule has 1 aliphatic rings. The van der Waals surface area contributed by atoms with E-state index in [0.717, 1.165) is 24.7 Å². The minimum Gasteiger partial charge on any atom is -0.478 e. The molecule has 1 N–H and O–H groups in total. The molecule has 0 amide bonds. The Bertz CT molecular complexity index is 435. The van der Waals surface area contributed by atoms with Gasteiger partial charge >= 0.3 is 5.97 Å².